The SMILES string of the molecule is O=C(N/N=C\c1ccoc1)c1cc(Br)ccc1O. The lowest BCUT2D eigenvalue weighted by molar-refractivity contribution is 0.0952. The van der Waals surface area contributed by atoms with E-state index in [9.17, 15) is 9.90 Å². The Bertz CT molecular complexity index is 579. The molecule has 0 spiro atoms. The Morgan fingerprint density at radius 2 is 2.28 bits per heavy atom. The Kier molecular flexibility index (Phi) is 3.78. The average molecular weight is 309 g/mol. The van der Waals surface area contributed by atoms with Crippen LogP contribution in [0.25, 0.3) is 0 Å². The summed E-state index contributed by atoms with van der Waals surface area (Å²) in [6, 6.07) is 6.28. The van der Waals surface area contributed by atoms with Gasteiger partial charge in [-0.05, 0) is 24.3 Å². The predicted octanol–water partition coefficient (Wildman–Crippen LogP) is 2.51. The number of aromatic hydroxyl groups is 1. The van der Waals surface area contributed by atoms with E-state index >= 15 is 0 Å². The molecule has 1 amide bonds. The van der Waals surface area contributed by atoms with Gasteiger partial charge < -0.3 is 9.52 Å². The molecule has 2 N–H and O–H groups in total. The summed E-state index contributed by atoms with van der Waals surface area (Å²) in [5, 5.41) is 13.3. The first kappa shape index (κ1) is 12.4. The highest BCUT2D eigenvalue weighted by Gasteiger charge is 2.10. The highest BCUT2D eigenvalue weighted by Crippen LogP contribution is 2.21. The van der Waals surface area contributed by atoms with Crippen LogP contribution in [0, 0.1) is 0 Å². The third-order valence-corrected chi connectivity index (χ3v) is 2.62. The fourth-order valence-corrected chi connectivity index (χ4v) is 1.63. The van der Waals surface area contributed by atoms with Gasteiger partial charge in [-0.25, -0.2) is 5.43 Å². The van der Waals surface area contributed by atoms with Crippen LogP contribution in [0.5, 0.6) is 5.75 Å². The van der Waals surface area contributed by atoms with E-state index in [2.05, 4.69) is 26.5 Å². The second-order valence-electron chi connectivity index (χ2n) is 3.42. The third kappa shape index (κ3) is 2.98. The highest BCUT2D eigenvalue weighted by molar-refractivity contribution is 9.10. The van der Waals surface area contributed by atoms with Crippen molar-refractivity contribution in [2.45, 2.75) is 0 Å². The normalized spacial score (nSPS) is 10.7. The molecule has 0 aliphatic carbocycles. The van der Waals surface area contributed by atoms with Gasteiger partial charge in [-0.1, -0.05) is 15.9 Å². The maximum Gasteiger partial charge on any atom is 0.275 e. The van der Waals surface area contributed by atoms with Crippen LogP contribution in [0.4, 0.5) is 0 Å². The van der Waals surface area contributed by atoms with Crippen LogP contribution in [-0.2, 0) is 0 Å². The quantitative estimate of drug-likeness (QED) is 0.676. The van der Waals surface area contributed by atoms with Gasteiger partial charge >= 0.3 is 0 Å². The van der Waals surface area contributed by atoms with Crippen LogP contribution in [0.15, 0.2) is 50.8 Å². The second kappa shape index (κ2) is 5.50. The number of carbonyl (C=O) groups is 1. The average Bonchev–Trinajstić information content (AvgIpc) is 2.85. The van der Waals surface area contributed by atoms with Crippen LogP contribution in [0.1, 0.15) is 15.9 Å². The van der Waals surface area contributed by atoms with Gasteiger partial charge in [-0.15, -0.1) is 0 Å². The number of phenolic OH excluding ortho intramolecular Hbond substituents is 1. The van der Waals surface area contributed by atoms with Gasteiger partial charge in [0.1, 0.15) is 5.75 Å². The fourth-order valence-electron chi connectivity index (χ4n) is 1.26. The summed E-state index contributed by atoms with van der Waals surface area (Å²) in [6.45, 7) is 0. The molecule has 0 aliphatic rings. The molecule has 1 aromatic heterocycles. The molecule has 1 heterocycles. The Morgan fingerprint density at radius 1 is 1.44 bits per heavy atom. The minimum absolute atomic E-state index is 0.103. The van der Waals surface area contributed by atoms with Gasteiger partial charge in [0.25, 0.3) is 5.91 Å². The molecule has 92 valence electrons. The lowest BCUT2D eigenvalue weighted by Gasteiger charge is -2.03. The van der Waals surface area contributed by atoms with Crippen LogP contribution >= 0.6 is 15.9 Å². The van der Waals surface area contributed by atoms with Crippen molar-refractivity contribution in [1.82, 2.24) is 5.43 Å². The monoisotopic (exact) mass is 308 g/mol. The van der Waals surface area contributed by atoms with Gasteiger partial charge in [0.2, 0.25) is 0 Å². The van der Waals surface area contributed by atoms with Crippen LogP contribution in [0.3, 0.4) is 0 Å². The number of phenols is 1. The number of hydrogen-bond donors (Lipinski definition) is 2. The molecule has 2 rings (SSSR count). The lowest BCUT2D eigenvalue weighted by Crippen LogP contribution is -2.17. The zero-order chi connectivity index (χ0) is 13.0. The number of hydrazone groups is 1. The first-order valence-corrected chi connectivity index (χ1v) is 5.80. The first-order chi connectivity index (χ1) is 8.66. The number of rotatable bonds is 3. The van der Waals surface area contributed by atoms with Crippen molar-refractivity contribution >= 4 is 28.1 Å². The van der Waals surface area contributed by atoms with E-state index in [1.165, 1.54) is 30.9 Å². The summed E-state index contributed by atoms with van der Waals surface area (Å²) in [5.41, 5.74) is 3.19. The number of halogens is 1. The maximum absolute atomic E-state index is 11.7. The molecule has 1 aromatic carbocycles. The van der Waals surface area contributed by atoms with Crippen molar-refractivity contribution in [2.24, 2.45) is 5.10 Å². The van der Waals surface area contributed by atoms with Crippen molar-refractivity contribution < 1.29 is 14.3 Å². The summed E-state index contributed by atoms with van der Waals surface area (Å²) in [5.74, 6) is -0.595. The molecule has 0 radical (unpaired) electrons. The minimum Gasteiger partial charge on any atom is -0.507 e. The van der Waals surface area contributed by atoms with Gasteiger partial charge in [0.05, 0.1) is 24.3 Å². The summed E-state index contributed by atoms with van der Waals surface area (Å²) >= 11 is 3.22. The predicted molar refractivity (Wildman–Crippen MR) is 69.6 cm³/mol. The van der Waals surface area contributed by atoms with E-state index in [1.807, 2.05) is 0 Å². The number of benzene rings is 1. The second-order valence-corrected chi connectivity index (χ2v) is 4.33. The van der Waals surface area contributed by atoms with Gasteiger partial charge in [-0.3, -0.25) is 4.79 Å². The number of amides is 1. The van der Waals surface area contributed by atoms with Crippen molar-refractivity contribution in [3.63, 3.8) is 0 Å². The van der Waals surface area contributed by atoms with E-state index in [0.717, 1.165) is 5.56 Å². The molecule has 0 fully saturated rings. The fraction of sp³-hybridized carbons (Fsp3) is 0. The number of hydrogen-bond acceptors (Lipinski definition) is 4. The largest absolute Gasteiger partial charge is 0.507 e. The summed E-state index contributed by atoms with van der Waals surface area (Å²) in [6.07, 6.45) is 4.44. The Balaban J connectivity index is 2.06. The number of nitrogens with one attached hydrogen (secondary N) is 1. The number of furan rings is 1. The zero-order valence-electron chi connectivity index (χ0n) is 9.13. The molecule has 2 aromatic rings. The maximum atomic E-state index is 11.7. The molecule has 0 saturated carbocycles. The molecule has 18 heavy (non-hydrogen) atoms. The molecule has 5 nitrogen and oxygen atoms in total. The molecular formula is C12H9BrN2O3. The van der Waals surface area contributed by atoms with Crippen molar-refractivity contribution in [3.8, 4) is 5.75 Å². The molecule has 0 bridgehead atoms. The number of carbonyl (C=O) groups excluding carboxylic acids is 1. The van der Waals surface area contributed by atoms with Gasteiger partial charge in [0, 0.05) is 10.0 Å². The summed E-state index contributed by atoms with van der Waals surface area (Å²) in [4.78, 5) is 11.7. The minimum atomic E-state index is -0.492. The van der Waals surface area contributed by atoms with Crippen molar-refractivity contribution in [1.29, 1.82) is 0 Å². The Labute approximate surface area is 111 Å². The third-order valence-electron chi connectivity index (χ3n) is 2.13. The van der Waals surface area contributed by atoms with Gasteiger partial charge in [-0.2, -0.15) is 5.10 Å². The van der Waals surface area contributed by atoms with E-state index in [4.69, 9.17) is 4.42 Å². The molecule has 0 atom stereocenters. The van der Waals surface area contributed by atoms with E-state index in [-0.39, 0.29) is 11.3 Å². The smallest absolute Gasteiger partial charge is 0.275 e. The van der Waals surface area contributed by atoms with E-state index < -0.39 is 5.91 Å². The number of nitrogens with zero attached hydrogens (tertiary/aromatic N) is 1. The molecule has 0 saturated heterocycles. The Hall–Kier alpha value is -2.08. The first-order valence-electron chi connectivity index (χ1n) is 5.01. The highest BCUT2D eigenvalue weighted by atomic mass is 79.9. The summed E-state index contributed by atoms with van der Waals surface area (Å²) < 4.78 is 5.54. The van der Waals surface area contributed by atoms with E-state index in [1.54, 1.807) is 12.1 Å². The topological polar surface area (TPSA) is 74.8 Å². The molecule has 0 aliphatic heterocycles. The van der Waals surface area contributed by atoms with Gasteiger partial charge in [0.15, 0.2) is 0 Å². The van der Waals surface area contributed by atoms with Crippen molar-refractivity contribution in [2.75, 3.05) is 0 Å². The van der Waals surface area contributed by atoms with Crippen LogP contribution in [-0.4, -0.2) is 17.2 Å². The summed E-state index contributed by atoms with van der Waals surface area (Å²) in [7, 11) is 0. The molecule has 0 unspecified atom stereocenters. The van der Waals surface area contributed by atoms with Crippen LogP contribution < -0.4 is 5.43 Å². The standard InChI is InChI=1S/C12H9BrN2O3/c13-9-1-2-11(16)10(5-9)12(17)15-14-6-8-3-4-18-7-8/h1-7,16H,(H,15,17)/b14-6-. The molecular weight excluding hydrogens is 300 g/mol. The van der Waals surface area contributed by atoms with E-state index in [0.29, 0.717) is 4.47 Å². The van der Waals surface area contributed by atoms with Crippen molar-refractivity contribution in [3.05, 3.63) is 52.4 Å². The zero-order valence-corrected chi connectivity index (χ0v) is 10.7. The lowest BCUT2D eigenvalue weighted by atomic mass is 10.2. The molecule has 6 heteroatoms. The Morgan fingerprint density at radius 3 is 3.00 bits per heavy atom. The van der Waals surface area contributed by atoms with Crippen LogP contribution in [0.2, 0.25) is 0 Å².